The number of benzene rings is 2. The van der Waals surface area contributed by atoms with Gasteiger partial charge in [-0.25, -0.2) is 8.42 Å². The molecule has 0 amide bonds. The molecule has 0 bridgehead atoms. The number of piperidine rings is 1. The fraction of sp³-hybridized carbons (Fsp3) is 0.435. The molecule has 1 heterocycles. The van der Waals surface area contributed by atoms with E-state index in [2.05, 4.69) is 27.8 Å². The van der Waals surface area contributed by atoms with Crippen LogP contribution in [0.15, 0.2) is 58.4 Å². The summed E-state index contributed by atoms with van der Waals surface area (Å²) in [7, 11) is 0.00464. The summed E-state index contributed by atoms with van der Waals surface area (Å²) in [5.41, 5.74) is 2.21. The maximum Gasteiger partial charge on any atom is 0.243 e. The van der Waals surface area contributed by atoms with Crippen LogP contribution in [0.25, 0.3) is 0 Å². The molecule has 0 unspecified atom stereocenters. The van der Waals surface area contributed by atoms with Gasteiger partial charge in [0, 0.05) is 33.2 Å². The molecule has 0 spiro atoms. The number of nitrogens with zero attached hydrogens (tertiary/aromatic N) is 2. The number of aliphatic imine (C=N–C) groups is 1. The molecule has 8 heteroatoms. The highest BCUT2D eigenvalue weighted by atomic mass is 32.2. The summed E-state index contributed by atoms with van der Waals surface area (Å²) in [6.45, 7) is 2.54. The van der Waals surface area contributed by atoms with E-state index in [9.17, 15) is 8.42 Å². The zero-order valence-electron chi connectivity index (χ0n) is 18.3. The average molecular weight is 445 g/mol. The Balaban J connectivity index is 1.47. The molecule has 1 fully saturated rings. The summed E-state index contributed by atoms with van der Waals surface area (Å²) in [4.78, 5) is 4.61. The predicted octanol–water partition coefficient (Wildman–Crippen LogP) is 2.78. The summed E-state index contributed by atoms with van der Waals surface area (Å²) in [5.74, 6) is 1.56. The fourth-order valence-corrected chi connectivity index (χ4v) is 5.07. The second kappa shape index (κ2) is 11.2. The second-order valence-electron chi connectivity index (χ2n) is 7.56. The summed E-state index contributed by atoms with van der Waals surface area (Å²) in [6, 6.07) is 15.1. The van der Waals surface area contributed by atoms with Gasteiger partial charge in [-0.05, 0) is 54.7 Å². The second-order valence-corrected chi connectivity index (χ2v) is 9.50. The first-order chi connectivity index (χ1) is 15.0. The molecule has 2 aromatic carbocycles. The van der Waals surface area contributed by atoms with Crippen molar-refractivity contribution >= 4 is 16.0 Å². The van der Waals surface area contributed by atoms with E-state index >= 15 is 0 Å². The molecule has 3 rings (SSSR count). The van der Waals surface area contributed by atoms with E-state index in [1.165, 1.54) is 5.56 Å². The van der Waals surface area contributed by atoms with E-state index < -0.39 is 10.0 Å². The van der Waals surface area contributed by atoms with Crippen molar-refractivity contribution in [3.8, 4) is 5.75 Å². The number of hydrogen-bond acceptors (Lipinski definition) is 4. The Kier molecular flexibility index (Phi) is 8.31. The van der Waals surface area contributed by atoms with Crippen molar-refractivity contribution in [2.45, 2.75) is 37.1 Å². The van der Waals surface area contributed by atoms with Crippen LogP contribution in [0.2, 0.25) is 0 Å². The summed E-state index contributed by atoms with van der Waals surface area (Å²) in [5, 5.41) is 6.57. The van der Waals surface area contributed by atoms with Gasteiger partial charge in [0.15, 0.2) is 5.96 Å². The van der Waals surface area contributed by atoms with Gasteiger partial charge in [0.2, 0.25) is 10.0 Å². The van der Waals surface area contributed by atoms with E-state index in [0.29, 0.717) is 30.5 Å². The third-order valence-corrected chi connectivity index (χ3v) is 7.34. The maximum absolute atomic E-state index is 12.8. The molecule has 0 radical (unpaired) electrons. The number of methoxy groups -OCH3 is 1. The molecule has 0 saturated carbocycles. The van der Waals surface area contributed by atoms with E-state index in [4.69, 9.17) is 4.74 Å². The monoisotopic (exact) mass is 444 g/mol. The van der Waals surface area contributed by atoms with Gasteiger partial charge in [-0.1, -0.05) is 30.7 Å². The Morgan fingerprint density at radius 3 is 2.23 bits per heavy atom. The molecule has 0 aromatic heterocycles. The molecular weight excluding hydrogens is 412 g/mol. The maximum atomic E-state index is 12.8. The van der Waals surface area contributed by atoms with Crippen molar-refractivity contribution in [3.63, 3.8) is 0 Å². The van der Waals surface area contributed by atoms with Crippen molar-refractivity contribution < 1.29 is 13.2 Å². The molecule has 1 aliphatic rings. The molecular formula is C23H32N4O3S. The minimum absolute atomic E-state index is 0.361. The first kappa shape index (κ1) is 23.1. The van der Waals surface area contributed by atoms with Crippen molar-refractivity contribution in [2.24, 2.45) is 4.99 Å². The van der Waals surface area contributed by atoms with Gasteiger partial charge >= 0.3 is 0 Å². The van der Waals surface area contributed by atoms with Crippen molar-refractivity contribution in [2.75, 3.05) is 33.8 Å². The lowest BCUT2D eigenvalue weighted by Gasteiger charge is -2.25. The van der Waals surface area contributed by atoms with E-state index in [-0.39, 0.29) is 0 Å². The molecule has 2 N–H and O–H groups in total. The van der Waals surface area contributed by atoms with Crippen LogP contribution in [-0.2, 0) is 23.0 Å². The third-order valence-electron chi connectivity index (χ3n) is 5.42. The lowest BCUT2D eigenvalue weighted by atomic mass is 10.1. The fourth-order valence-electron chi connectivity index (χ4n) is 3.56. The lowest BCUT2D eigenvalue weighted by molar-refractivity contribution is 0.346. The number of guanidine groups is 1. The molecule has 31 heavy (non-hydrogen) atoms. The van der Waals surface area contributed by atoms with Gasteiger partial charge in [-0.2, -0.15) is 4.31 Å². The Bertz CT molecular complexity index is 951. The summed E-state index contributed by atoms with van der Waals surface area (Å²) >= 11 is 0. The minimum Gasteiger partial charge on any atom is -0.497 e. The van der Waals surface area contributed by atoms with E-state index in [1.54, 1.807) is 30.6 Å². The first-order valence-corrected chi connectivity index (χ1v) is 12.1. The third kappa shape index (κ3) is 6.45. The summed E-state index contributed by atoms with van der Waals surface area (Å²) < 4.78 is 32.3. The van der Waals surface area contributed by atoms with Crippen LogP contribution in [0, 0.1) is 0 Å². The van der Waals surface area contributed by atoms with Crippen molar-refractivity contribution in [1.29, 1.82) is 0 Å². The van der Waals surface area contributed by atoms with Crippen LogP contribution < -0.4 is 15.4 Å². The van der Waals surface area contributed by atoms with Gasteiger partial charge in [-0.3, -0.25) is 4.99 Å². The number of hydrogen-bond donors (Lipinski definition) is 2. The highest BCUT2D eigenvalue weighted by molar-refractivity contribution is 7.89. The smallest absolute Gasteiger partial charge is 0.243 e. The number of ether oxygens (including phenoxy) is 1. The van der Waals surface area contributed by atoms with Crippen LogP contribution in [0.1, 0.15) is 30.4 Å². The Morgan fingerprint density at radius 1 is 0.968 bits per heavy atom. The summed E-state index contributed by atoms with van der Waals surface area (Å²) in [6.07, 6.45) is 3.84. The highest BCUT2D eigenvalue weighted by Gasteiger charge is 2.25. The number of rotatable bonds is 8. The number of nitrogens with one attached hydrogen (secondary N) is 2. The number of sulfonamides is 1. The molecule has 168 valence electrons. The first-order valence-electron chi connectivity index (χ1n) is 10.7. The van der Waals surface area contributed by atoms with Crippen molar-refractivity contribution in [3.05, 3.63) is 59.7 Å². The van der Waals surface area contributed by atoms with Gasteiger partial charge in [-0.15, -0.1) is 0 Å². The minimum atomic E-state index is -3.39. The van der Waals surface area contributed by atoms with Crippen LogP contribution in [-0.4, -0.2) is 52.5 Å². The van der Waals surface area contributed by atoms with Gasteiger partial charge in [0.05, 0.1) is 12.0 Å². The molecule has 0 aliphatic carbocycles. The molecule has 2 aromatic rings. The molecule has 7 nitrogen and oxygen atoms in total. The Labute approximate surface area is 185 Å². The molecule has 1 saturated heterocycles. The molecule has 1 aliphatic heterocycles. The highest BCUT2D eigenvalue weighted by Crippen LogP contribution is 2.20. The van der Waals surface area contributed by atoms with Crippen LogP contribution in [0.4, 0.5) is 0 Å². The van der Waals surface area contributed by atoms with Crippen LogP contribution >= 0.6 is 0 Å². The quantitative estimate of drug-likeness (QED) is 0.483. The van der Waals surface area contributed by atoms with Crippen LogP contribution in [0.3, 0.4) is 0 Å². The standard InChI is InChI=1S/C23H32N4O3S/c1-24-23(25-15-14-19-6-10-21(30-2)11-7-19)26-18-20-8-12-22(13-9-20)31(28,29)27-16-4-3-5-17-27/h6-13H,3-5,14-18H2,1-2H3,(H2,24,25,26). The van der Waals surface area contributed by atoms with Gasteiger partial charge < -0.3 is 15.4 Å². The normalized spacial score (nSPS) is 15.5. The SMILES string of the molecule is CN=C(NCCc1ccc(OC)cc1)NCc1ccc(S(=O)(=O)N2CCCCC2)cc1. The van der Waals surface area contributed by atoms with Crippen molar-refractivity contribution in [1.82, 2.24) is 14.9 Å². The van der Waals surface area contributed by atoms with Crippen LogP contribution in [0.5, 0.6) is 5.75 Å². The Morgan fingerprint density at radius 2 is 1.61 bits per heavy atom. The average Bonchev–Trinajstić information content (AvgIpc) is 2.82. The largest absolute Gasteiger partial charge is 0.497 e. The predicted molar refractivity (Wildman–Crippen MR) is 124 cm³/mol. The van der Waals surface area contributed by atoms with E-state index in [0.717, 1.165) is 43.5 Å². The molecule has 0 atom stereocenters. The van der Waals surface area contributed by atoms with Gasteiger partial charge in [0.1, 0.15) is 5.75 Å². The zero-order valence-corrected chi connectivity index (χ0v) is 19.1. The van der Waals surface area contributed by atoms with Gasteiger partial charge in [0.25, 0.3) is 0 Å². The topological polar surface area (TPSA) is 83.0 Å². The van der Waals surface area contributed by atoms with E-state index in [1.807, 2.05) is 24.3 Å². The lowest BCUT2D eigenvalue weighted by Crippen LogP contribution is -2.37. The zero-order chi connectivity index (χ0) is 22.1. The Hall–Kier alpha value is -2.58.